The number of hydrogen-bond donors (Lipinski definition) is 2. The largest absolute Gasteiger partial charge is 0.291 e. The van der Waals surface area contributed by atoms with Gasteiger partial charge in [-0.2, -0.15) is 0 Å². The highest BCUT2D eigenvalue weighted by Crippen LogP contribution is 2.17. The van der Waals surface area contributed by atoms with Gasteiger partial charge in [-0.05, 0) is 29.8 Å². The van der Waals surface area contributed by atoms with Crippen molar-refractivity contribution in [2.24, 2.45) is 0 Å². The van der Waals surface area contributed by atoms with Crippen molar-refractivity contribution in [2.75, 3.05) is 5.48 Å². The summed E-state index contributed by atoms with van der Waals surface area (Å²) >= 11 is 5.10. The van der Waals surface area contributed by atoms with Crippen molar-refractivity contribution in [3.8, 4) is 0 Å². The van der Waals surface area contributed by atoms with Crippen LogP contribution in [0.25, 0.3) is 0 Å². The van der Waals surface area contributed by atoms with Crippen LogP contribution in [-0.2, 0) is 0 Å². The van der Waals surface area contributed by atoms with E-state index < -0.39 is 11.1 Å². The third kappa shape index (κ3) is 1.72. The Balaban J connectivity index is 3.21. The Kier molecular flexibility index (Phi) is 2.62. The third-order valence-corrected chi connectivity index (χ3v) is 1.52. The van der Waals surface area contributed by atoms with Crippen LogP contribution in [0.4, 0.5) is 10.1 Å². The van der Waals surface area contributed by atoms with E-state index in [1.807, 2.05) is 0 Å². The number of carbonyl (C=O) groups is 1. The van der Waals surface area contributed by atoms with Crippen LogP contribution >= 0.6 is 11.6 Å². The van der Waals surface area contributed by atoms with Crippen LogP contribution in [0.5, 0.6) is 0 Å². The lowest BCUT2D eigenvalue weighted by Crippen LogP contribution is -1.99. The molecular weight excluding hydrogens is 185 g/mol. The minimum Gasteiger partial charge on any atom is -0.291 e. The smallest absolute Gasteiger partial charge is 0.254 e. The zero-order valence-electron chi connectivity index (χ0n) is 5.84. The fourth-order valence-corrected chi connectivity index (χ4v) is 0.933. The van der Waals surface area contributed by atoms with Gasteiger partial charge in [-0.15, -0.1) is 0 Å². The Bertz CT molecular complexity index is 316. The van der Waals surface area contributed by atoms with Crippen molar-refractivity contribution in [1.82, 2.24) is 0 Å². The monoisotopic (exact) mass is 189 g/mol. The molecule has 0 radical (unpaired) electrons. The number of nitrogens with one attached hydrogen (secondary N) is 1. The molecule has 0 fully saturated rings. The average Bonchev–Trinajstić information content (AvgIpc) is 2.04. The van der Waals surface area contributed by atoms with E-state index in [1.165, 1.54) is 6.07 Å². The van der Waals surface area contributed by atoms with Crippen LogP contribution in [0, 0.1) is 5.82 Å². The third-order valence-electron chi connectivity index (χ3n) is 1.31. The Morgan fingerprint density at radius 1 is 1.58 bits per heavy atom. The van der Waals surface area contributed by atoms with Gasteiger partial charge in [0, 0.05) is 0 Å². The van der Waals surface area contributed by atoms with Crippen molar-refractivity contribution < 1.29 is 14.4 Å². The highest BCUT2D eigenvalue weighted by atomic mass is 35.5. The lowest BCUT2D eigenvalue weighted by Gasteiger charge is -2.02. The number of benzene rings is 1. The first-order valence-electron chi connectivity index (χ1n) is 3.04. The molecule has 0 aliphatic rings. The van der Waals surface area contributed by atoms with Crippen molar-refractivity contribution in [1.29, 1.82) is 0 Å². The summed E-state index contributed by atoms with van der Waals surface area (Å²) in [5.74, 6) is -0.585. The van der Waals surface area contributed by atoms with E-state index in [0.29, 0.717) is 0 Å². The molecular formula is C7H5ClFNO2. The van der Waals surface area contributed by atoms with Crippen LogP contribution in [0.2, 0.25) is 0 Å². The Morgan fingerprint density at radius 2 is 2.25 bits per heavy atom. The Morgan fingerprint density at radius 3 is 2.75 bits per heavy atom. The number of anilines is 1. The second kappa shape index (κ2) is 3.51. The molecule has 3 nitrogen and oxygen atoms in total. The number of halogens is 2. The quantitative estimate of drug-likeness (QED) is 0.553. The van der Waals surface area contributed by atoms with Crippen LogP contribution in [-0.4, -0.2) is 10.4 Å². The lowest BCUT2D eigenvalue weighted by molar-refractivity contribution is 0.108. The van der Waals surface area contributed by atoms with Crippen molar-refractivity contribution in [2.45, 2.75) is 0 Å². The summed E-state index contributed by atoms with van der Waals surface area (Å²) in [7, 11) is 0. The zero-order chi connectivity index (χ0) is 9.14. The summed E-state index contributed by atoms with van der Waals surface area (Å²) in [5.41, 5.74) is 1.71. The van der Waals surface area contributed by atoms with Gasteiger partial charge < -0.3 is 0 Å². The van der Waals surface area contributed by atoms with Crippen molar-refractivity contribution in [3.05, 3.63) is 29.6 Å². The molecule has 0 aliphatic heterocycles. The van der Waals surface area contributed by atoms with Crippen molar-refractivity contribution >= 4 is 22.5 Å². The SMILES string of the molecule is O=C(Cl)c1cc(F)ccc1NO. The zero-order valence-corrected chi connectivity index (χ0v) is 6.60. The van der Waals surface area contributed by atoms with Gasteiger partial charge >= 0.3 is 0 Å². The van der Waals surface area contributed by atoms with Gasteiger partial charge in [0.1, 0.15) is 5.82 Å². The summed E-state index contributed by atoms with van der Waals surface area (Å²) in [6.45, 7) is 0. The van der Waals surface area contributed by atoms with Gasteiger partial charge in [0.2, 0.25) is 0 Å². The first-order chi connectivity index (χ1) is 5.65. The van der Waals surface area contributed by atoms with E-state index >= 15 is 0 Å². The maximum absolute atomic E-state index is 12.5. The van der Waals surface area contributed by atoms with E-state index in [1.54, 1.807) is 5.48 Å². The minimum atomic E-state index is -0.828. The van der Waals surface area contributed by atoms with E-state index in [9.17, 15) is 9.18 Å². The molecule has 2 N–H and O–H groups in total. The van der Waals surface area contributed by atoms with Gasteiger partial charge in [0.05, 0.1) is 11.3 Å². The fourth-order valence-electron chi connectivity index (χ4n) is 0.777. The standard InChI is InChI=1S/C7H5ClFNO2/c8-7(11)5-3-4(9)1-2-6(5)10-12/h1-3,10,12H. The molecule has 0 spiro atoms. The molecule has 0 amide bonds. The fraction of sp³-hybridized carbons (Fsp3) is 0. The van der Waals surface area contributed by atoms with Gasteiger partial charge in [-0.1, -0.05) is 0 Å². The van der Waals surface area contributed by atoms with Crippen molar-refractivity contribution in [3.63, 3.8) is 0 Å². The van der Waals surface area contributed by atoms with E-state index in [2.05, 4.69) is 0 Å². The molecule has 0 saturated heterocycles. The first kappa shape index (κ1) is 8.96. The van der Waals surface area contributed by atoms with E-state index in [-0.39, 0.29) is 11.3 Å². The van der Waals surface area contributed by atoms with Gasteiger partial charge in [-0.25, -0.2) is 4.39 Å². The van der Waals surface area contributed by atoms with Crippen LogP contribution < -0.4 is 5.48 Å². The molecule has 1 aromatic rings. The normalized spacial score (nSPS) is 9.58. The highest BCUT2D eigenvalue weighted by molar-refractivity contribution is 6.68. The highest BCUT2D eigenvalue weighted by Gasteiger charge is 2.09. The predicted octanol–water partition coefficient (Wildman–Crippen LogP) is 2.01. The minimum absolute atomic E-state index is 0.0800. The molecule has 5 heteroatoms. The molecule has 1 aromatic carbocycles. The maximum atomic E-state index is 12.5. The number of carbonyl (C=O) groups excluding carboxylic acids is 1. The topological polar surface area (TPSA) is 49.3 Å². The molecule has 12 heavy (non-hydrogen) atoms. The summed E-state index contributed by atoms with van der Waals surface area (Å²) in [6.07, 6.45) is 0. The van der Waals surface area contributed by atoms with Crippen LogP contribution in [0.1, 0.15) is 10.4 Å². The Hall–Kier alpha value is -1.13. The second-order valence-corrected chi connectivity index (χ2v) is 2.42. The van der Waals surface area contributed by atoms with E-state index in [4.69, 9.17) is 16.8 Å². The lowest BCUT2D eigenvalue weighted by atomic mass is 10.2. The molecule has 1 rings (SSSR count). The Labute approximate surface area is 72.7 Å². The first-order valence-corrected chi connectivity index (χ1v) is 3.42. The summed E-state index contributed by atoms with van der Waals surface area (Å²) < 4.78 is 12.5. The number of rotatable bonds is 2. The average molecular weight is 190 g/mol. The van der Waals surface area contributed by atoms with Gasteiger partial charge in [0.15, 0.2) is 0 Å². The predicted molar refractivity (Wildman–Crippen MR) is 42.0 cm³/mol. The maximum Gasteiger partial charge on any atom is 0.254 e. The second-order valence-electron chi connectivity index (χ2n) is 2.08. The molecule has 0 atom stereocenters. The molecule has 0 heterocycles. The van der Waals surface area contributed by atoms with Crippen LogP contribution in [0.15, 0.2) is 18.2 Å². The number of hydrogen-bond acceptors (Lipinski definition) is 3. The van der Waals surface area contributed by atoms with Gasteiger partial charge in [0.25, 0.3) is 5.24 Å². The van der Waals surface area contributed by atoms with Gasteiger partial charge in [-0.3, -0.25) is 15.5 Å². The summed E-state index contributed by atoms with van der Waals surface area (Å²) in [6, 6.07) is 3.25. The molecule has 0 saturated carbocycles. The summed E-state index contributed by atoms with van der Waals surface area (Å²) in [5, 5.41) is 7.65. The molecule has 0 unspecified atom stereocenters. The summed E-state index contributed by atoms with van der Waals surface area (Å²) in [4.78, 5) is 10.6. The molecule has 64 valence electrons. The van der Waals surface area contributed by atoms with Crippen LogP contribution in [0.3, 0.4) is 0 Å². The molecule has 0 aromatic heterocycles. The molecule has 0 bridgehead atoms. The molecule has 0 aliphatic carbocycles. The van der Waals surface area contributed by atoms with E-state index in [0.717, 1.165) is 12.1 Å².